The van der Waals surface area contributed by atoms with Crippen LogP contribution in [0.3, 0.4) is 0 Å². The number of hydrogen-bond acceptors (Lipinski definition) is 5. The molecule has 142 valence electrons. The van der Waals surface area contributed by atoms with E-state index in [0.29, 0.717) is 32.1 Å². The molecule has 3 heterocycles. The monoisotopic (exact) mass is 361 g/mol. The van der Waals surface area contributed by atoms with Crippen molar-refractivity contribution in [3.63, 3.8) is 0 Å². The first-order valence-corrected chi connectivity index (χ1v) is 9.06. The van der Waals surface area contributed by atoms with Crippen molar-refractivity contribution >= 4 is 11.9 Å². The van der Waals surface area contributed by atoms with Gasteiger partial charge in [0.2, 0.25) is 5.88 Å². The first-order chi connectivity index (χ1) is 12.7. The van der Waals surface area contributed by atoms with E-state index in [1.54, 1.807) is 20.4 Å². The van der Waals surface area contributed by atoms with Gasteiger partial charge in [-0.1, -0.05) is 0 Å². The Morgan fingerprint density at radius 3 is 2.81 bits per heavy atom. The van der Waals surface area contributed by atoms with E-state index in [-0.39, 0.29) is 12.0 Å². The van der Waals surface area contributed by atoms with Gasteiger partial charge in [-0.3, -0.25) is 9.79 Å². The number of guanidine groups is 1. The van der Waals surface area contributed by atoms with E-state index in [4.69, 9.17) is 9.47 Å². The van der Waals surface area contributed by atoms with E-state index in [9.17, 15) is 4.79 Å². The summed E-state index contributed by atoms with van der Waals surface area (Å²) in [5.41, 5.74) is 1.07. The molecule has 0 aliphatic carbocycles. The summed E-state index contributed by atoms with van der Waals surface area (Å²) < 4.78 is 10.7. The van der Waals surface area contributed by atoms with Crippen LogP contribution in [0.5, 0.6) is 5.88 Å². The zero-order chi connectivity index (χ0) is 18.4. The highest BCUT2D eigenvalue weighted by Gasteiger charge is 2.30. The molecule has 1 unspecified atom stereocenters. The SMILES string of the molecule is CN=C(NCc1ccnc(OC)c1)N1CCN(C(=O)C2CCCO2)CC1. The number of aromatic nitrogens is 1. The second kappa shape index (κ2) is 8.84. The molecule has 26 heavy (non-hydrogen) atoms. The number of ether oxygens (including phenoxy) is 2. The van der Waals surface area contributed by atoms with E-state index in [1.165, 1.54) is 0 Å². The van der Waals surface area contributed by atoms with Gasteiger partial charge in [-0.25, -0.2) is 4.98 Å². The van der Waals surface area contributed by atoms with Crippen LogP contribution >= 0.6 is 0 Å². The van der Waals surface area contributed by atoms with E-state index < -0.39 is 0 Å². The number of pyridine rings is 1. The largest absolute Gasteiger partial charge is 0.481 e. The molecule has 1 atom stereocenters. The lowest BCUT2D eigenvalue weighted by molar-refractivity contribution is -0.142. The molecule has 2 aliphatic rings. The lowest BCUT2D eigenvalue weighted by atomic mass is 10.2. The highest BCUT2D eigenvalue weighted by molar-refractivity contribution is 5.82. The smallest absolute Gasteiger partial charge is 0.251 e. The molecule has 3 rings (SSSR count). The normalized spacial score (nSPS) is 21.0. The number of methoxy groups -OCH3 is 1. The average molecular weight is 361 g/mol. The van der Waals surface area contributed by atoms with Gasteiger partial charge < -0.3 is 24.6 Å². The van der Waals surface area contributed by atoms with Gasteiger partial charge in [0.1, 0.15) is 6.10 Å². The first kappa shape index (κ1) is 18.4. The Morgan fingerprint density at radius 2 is 2.15 bits per heavy atom. The fourth-order valence-electron chi connectivity index (χ4n) is 3.30. The van der Waals surface area contributed by atoms with Gasteiger partial charge in [0, 0.05) is 58.6 Å². The van der Waals surface area contributed by atoms with Gasteiger partial charge in [0.05, 0.1) is 7.11 Å². The molecule has 2 saturated heterocycles. The fraction of sp³-hybridized carbons (Fsp3) is 0.611. The van der Waals surface area contributed by atoms with Crippen LogP contribution < -0.4 is 10.1 Å². The van der Waals surface area contributed by atoms with Gasteiger partial charge in [-0.15, -0.1) is 0 Å². The van der Waals surface area contributed by atoms with Gasteiger partial charge in [-0.05, 0) is 24.5 Å². The maximum atomic E-state index is 12.4. The lowest BCUT2D eigenvalue weighted by Gasteiger charge is -2.37. The number of hydrogen-bond donors (Lipinski definition) is 1. The molecular formula is C18H27N5O3. The second-order valence-electron chi connectivity index (χ2n) is 6.42. The molecular weight excluding hydrogens is 334 g/mol. The highest BCUT2D eigenvalue weighted by Crippen LogP contribution is 2.16. The lowest BCUT2D eigenvalue weighted by Crippen LogP contribution is -2.55. The van der Waals surface area contributed by atoms with Crippen molar-refractivity contribution < 1.29 is 14.3 Å². The van der Waals surface area contributed by atoms with E-state index in [2.05, 4.69) is 20.2 Å². The molecule has 0 spiro atoms. The van der Waals surface area contributed by atoms with E-state index in [0.717, 1.165) is 37.5 Å². The summed E-state index contributed by atoms with van der Waals surface area (Å²) in [5.74, 6) is 1.57. The standard InChI is InChI=1S/C18H27N5O3/c1-19-18(21-13-14-5-6-20-16(12-14)25-2)23-9-7-22(8-10-23)17(24)15-4-3-11-26-15/h5-6,12,15H,3-4,7-11,13H2,1-2H3,(H,19,21). The summed E-state index contributed by atoms with van der Waals surface area (Å²) in [4.78, 5) is 25.0. The van der Waals surface area contributed by atoms with Crippen molar-refractivity contribution in [1.82, 2.24) is 20.1 Å². The van der Waals surface area contributed by atoms with Crippen molar-refractivity contribution in [1.29, 1.82) is 0 Å². The molecule has 8 nitrogen and oxygen atoms in total. The van der Waals surface area contributed by atoms with Gasteiger partial charge in [0.15, 0.2) is 5.96 Å². The minimum atomic E-state index is -0.236. The minimum absolute atomic E-state index is 0.133. The number of rotatable bonds is 4. The van der Waals surface area contributed by atoms with Crippen molar-refractivity contribution in [2.75, 3.05) is 46.9 Å². The second-order valence-corrected chi connectivity index (χ2v) is 6.42. The summed E-state index contributed by atoms with van der Waals surface area (Å²) in [5, 5.41) is 3.37. The van der Waals surface area contributed by atoms with Crippen molar-refractivity contribution in [2.24, 2.45) is 4.99 Å². The number of aliphatic imine (C=N–C) groups is 1. The number of piperazine rings is 1. The van der Waals surface area contributed by atoms with E-state index in [1.807, 2.05) is 17.0 Å². The number of carbonyl (C=O) groups is 1. The fourth-order valence-corrected chi connectivity index (χ4v) is 3.30. The number of nitrogens with zero attached hydrogens (tertiary/aromatic N) is 4. The van der Waals surface area contributed by atoms with Crippen LogP contribution in [0.25, 0.3) is 0 Å². The molecule has 8 heteroatoms. The van der Waals surface area contributed by atoms with Crippen molar-refractivity contribution in [3.05, 3.63) is 23.9 Å². The molecule has 1 N–H and O–H groups in total. The van der Waals surface area contributed by atoms with Gasteiger partial charge in [-0.2, -0.15) is 0 Å². The molecule has 1 amide bonds. The third kappa shape index (κ3) is 4.43. The topological polar surface area (TPSA) is 79.3 Å². The Bertz CT molecular complexity index is 637. The van der Waals surface area contributed by atoms with Crippen LogP contribution in [-0.4, -0.2) is 79.7 Å². The van der Waals surface area contributed by atoms with Crippen LogP contribution in [-0.2, 0) is 16.1 Å². The number of amides is 1. The Balaban J connectivity index is 1.49. The molecule has 1 aromatic heterocycles. The average Bonchev–Trinajstić information content (AvgIpc) is 3.23. The summed E-state index contributed by atoms with van der Waals surface area (Å²) in [6, 6.07) is 3.85. The van der Waals surface area contributed by atoms with Crippen LogP contribution in [0, 0.1) is 0 Å². The predicted octanol–water partition coefficient (Wildman–Crippen LogP) is 0.489. The maximum absolute atomic E-state index is 12.4. The van der Waals surface area contributed by atoms with Crippen LogP contribution in [0.2, 0.25) is 0 Å². The van der Waals surface area contributed by atoms with Crippen molar-refractivity contribution in [2.45, 2.75) is 25.5 Å². The van der Waals surface area contributed by atoms with Crippen LogP contribution in [0.15, 0.2) is 23.3 Å². The molecule has 2 fully saturated rings. The van der Waals surface area contributed by atoms with Crippen LogP contribution in [0.4, 0.5) is 0 Å². The molecule has 1 aromatic rings. The summed E-state index contributed by atoms with van der Waals surface area (Å²) in [6.45, 7) is 4.26. The van der Waals surface area contributed by atoms with Crippen molar-refractivity contribution in [3.8, 4) is 5.88 Å². The summed E-state index contributed by atoms with van der Waals surface area (Å²) >= 11 is 0. The third-order valence-electron chi connectivity index (χ3n) is 4.77. The van der Waals surface area contributed by atoms with Gasteiger partial charge in [0.25, 0.3) is 5.91 Å². The summed E-state index contributed by atoms with van der Waals surface area (Å²) in [6.07, 6.45) is 3.32. The Hall–Kier alpha value is -2.35. The molecule has 0 bridgehead atoms. The van der Waals surface area contributed by atoms with Gasteiger partial charge >= 0.3 is 0 Å². The first-order valence-electron chi connectivity index (χ1n) is 9.06. The molecule has 2 aliphatic heterocycles. The Morgan fingerprint density at radius 1 is 1.38 bits per heavy atom. The zero-order valence-corrected chi connectivity index (χ0v) is 15.5. The highest BCUT2D eigenvalue weighted by atomic mass is 16.5. The third-order valence-corrected chi connectivity index (χ3v) is 4.77. The molecule has 0 saturated carbocycles. The summed E-state index contributed by atoms with van der Waals surface area (Å²) in [7, 11) is 3.38. The van der Waals surface area contributed by atoms with Crippen LogP contribution in [0.1, 0.15) is 18.4 Å². The Kier molecular flexibility index (Phi) is 6.27. The Labute approximate surface area is 154 Å². The quantitative estimate of drug-likeness (QED) is 0.621. The number of carbonyl (C=O) groups excluding carboxylic acids is 1. The number of nitrogens with one attached hydrogen (secondary N) is 1. The maximum Gasteiger partial charge on any atom is 0.251 e. The van der Waals surface area contributed by atoms with E-state index >= 15 is 0 Å². The predicted molar refractivity (Wildman–Crippen MR) is 98.1 cm³/mol. The molecule has 0 radical (unpaired) electrons. The zero-order valence-electron chi connectivity index (χ0n) is 15.5. The molecule has 0 aromatic carbocycles. The minimum Gasteiger partial charge on any atom is -0.481 e.